The van der Waals surface area contributed by atoms with Gasteiger partial charge in [-0.15, -0.1) is 11.3 Å². The van der Waals surface area contributed by atoms with E-state index in [1.54, 1.807) is 18.4 Å². The lowest BCUT2D eigenvalue weighted by Gasteiger charge is -2.40. The number of nitrogens with zero attached hydrogens (tertiary/aromatic N) is 2. The van der Waals surface area contributed by atoms with Crippen LogP contribution in [0.15, 0.2) is 71.0 Å². The number of carbonyl (C=O) groups excluding carboxylic acids is 1. The van der Waals surface area contributed by atoms with Crippen molar-refractivity contribution < 1.29 is 4.79 Å². The summed E-state index contributed by atoms with van der Waals surface area (Å²) in [6, 6.07) is 20.4. The van der Waals surface area contributed by atoms with E-state index in [1.807, 2.05) is 37.3 Å². The molecule has 1 aliphatic heterocycles. The predicted molar refractivity (Wildman–Crippen MR) is 133 cm³/mol. The zero-order valence-electron chi connectivity index (χ0n) is 18.6. The van der Waals surface area contributed by atoms with Gasteiger partial charge in [0.1, 0.15) is 5.54 Å². The zero-order valence-corrected chi connectivity index (χ0v) is 19.4. The molecule has 32 heavy (non-hydrogen) atoms. The number of rotatable bonds is 7. The average Bonchev–Trinajstić information content (AvgIpc) is 3.29. The first-order valence-corrected chi connectivity index (χ1v) is 11.9. The Labute approximate surface area is 193 Å². The SMILES string of the molecule is CN1C(=O)C(CCCCc2ccccc2)[C@@](C)(c2cc(-c3cccc(N)c3)cs2)N=C1N. The molecule has 5 nitrogen and oxygen atoms in total. The number of nitrogen functional groups attached to an aromatic ring is 1. The third-order valence-corrected chi connectivity index (χ3v) is 7.52. The molecule has 0 fully saturated rings. The smallest absolute Gasteiger partial charge is 0.234 e. The molecule has 4 N–H and O–H groups in total. The molecule has 0 radical (unpaired) electrons. The summed E-state index contributed by atoms with van der Waals surface area (Å²) in [5.74, 6) is 0.0680. The first-order chi connectivity index (χ1) is 15.4. The fourth-order valence-corrected chi connectivity index (χ4v) is 5.48. The van der Waals surface area contributed by atoms with Gasteiger partial charge in [-0.2, -0.15) is 0 Å². The van der Waals surface area contributed by atoms with Crippen LogP contribution in [0.3, 0.4) is 0 Å². The molecule has 1 aromatic heterocycles. The number of hydrogen-bond acceptors (Lipinski definition) is 5. The van der Waals surface area contributed by atoms with Gasteiger partial charge in [0.15, 0.2) is 5.96 Å². The number of nitrogens with two attached hydrogens (primary N) is 2. The van der Waals surface area contributed by atoms with E-state index in [0.717, 1.165) is 47.4 Å². The summed E-state index contributed by atoms with van der Waals surface area (Å²) in [4.78, 5) is 20.7. The highest BCUT2D eigenvalue weighted by atomic mass is 32.1. The summed E-state index contributed by atoms with van der Waals surface area (Å²) in [6.07, 6.45) is 3.77. The Hall–Kier alpha value is -3.12. The Balaban J connectivity index is 1.56. The molecule has 2 heterocycles. The Bertz CT molecular complexity index is 1120. The largest absolute Gasteiger partial charge is 0.399 e. The Morgan fingerprint density at radius 1 is 1.03 bits per heavy atom. The normalized spacial score (nSPS) is 20.9. The maximum atomic E-state index is 13.3. The number of benzene rings is 2. The Kier molecular flexibility index (Phi) is 6.33. The van der Waals surface area contributed by atoms with E-state index >= 15 is 0 Å². The van der Waals surface area contributed by atoms with Crippen LogP contribution in [-0.2, 0) is 16.8 Å². The summed E-state index contributed by atoms with van der Waals surface area (Å²) in [6.45, 7) is 2.04. The van der Waals surface area contributed by atoms with Gasteiger partial charge in [0.2, 0.25) is 5.91 Å². The van der Waals surface area contributed by atoms with Gasteiger partial charge < -0.3 is 11.5 Å². The molecule has 4 rings (SSSR count). The van der Waals surface area contributed by atoms with E-state index in [4.69, 9.17) is 16.5 Å². The molecule has 0 aliphatic carbocycles. The first kappa shape index (κ1) is 22.1. The second-order valence-corrected chi connectivity index (χ2v) is 9.54. The van der Waals surface area contributed by atoms with Crippen molar-refractivity contribution in [2.24, 2.45) is 16.6 Å². The van der Waals surface area contributed by atoms with Crippen LogP contribution in [0.2, 0.25) is 0 Å². The molecule has 1 aliphatic rings. The summed E-state index contributed by atoms with van der Waals surface area (Å²) in [7, 11) is 1.71. The van der Waals surface area contributed by atoms with Gasteiger partial charge in [-0.1, -0.05) is 48.9 Å². The van der Waals surface area contributed by atoms with Crippen molar-refractivity contribution in [3.8, 4) is 11.1 Å². The lowest BCUT2D eigenvalue weighted by molar-refractivity contribution is -0.134. The molecule has 2 atom stereocenters. The number of amides is 1. The molecular weight excluding hydrogens is 416 g/mol. The van der Waals surface area contributed by atoms with E-state index in [2.05, 4.69) is 35.7 Å². The van der Waals surface area contributed by atoms with Crippen molar-refractivity contribution in [2.45, 2.75) is 38.1 Å². The minimum Gasteiger partial charge on any atom is -0.399 e. The highest BCUT2D eigenvalue weighted by molar-refractivity contribution is 7.10. The fraction of sp³-hybridized carbons (Fsp3) is 0.308. The molecule has 0 spiro atoms. The van der Waals surface area contributed by atoms with Crippen LogP contribution in [0, 0.1) is 5.92 Å². The molecule has 0 saturated heterocycles. The van der Waals surface area contributed by atoms with Gasteiger partial charge in [0.05, 0.1) is 5.92 Å². The molecule has 166 valence electrons. The molecule has 0 saturated carbocycles. The van der Waals surface area contributed by atoms with Crippen LogP contribution in [0.1, 0.15) is 36.6 Å². The standard InChI is InChI=1S/C26H30N4OS/c1-26(23-16-20(17-32-23)19-12-8-13-21(27)15-19)22(24(31)30(2)25(28)29-26)14-7-6-11-18-9-4-3-5-10-18/h3-5,8-10,12-13,15-17,22H,6-7,11,14,27H2,1-2H3,(H2,28,29)/t22?,26-/m0/s1. The van der Waals surface area contributed by atoms with E-state index < -0.39 is 5.54 Å². The number of thiophene rings is 1. The fourth-order valence-electron chi connectivity index (χ4n) is 4.40. The van der Waals surface area contributed by atoms with Crippen LogP contribution >= 0.6 is 11.3 Å². The van der Waals surface area contributed by atoms with Crippen molar-refractivity contribution in [3.63, 3.8) is 0 Å². The molecule has 2 aromatic carbocycles. The monoisotopic (exact) mass is 446 g/mol. The summed E-state index contributed by atoms with van der Waals surface area (Å²) in [5, 5.41) is 2.11. The van der Waals surface area contributed by atoms with Gasteiger partial charge in [-0.3, -0.25) is 9.69 Å². The van der Waals surface area contributed by atoms with Crippen molar-refractivity contribution in [2.75, 3.05) is 12.8 Å². The van der Waals surface area contributed by atoms with E-state index in [9.17, 15) is 4.79 Å². The van der Waals surface area contributed by atoms with Gasteiger partial charge >= 0.3 is 0 Å². The van der Waals surface area contributed by atoms with Gasteiger partial charge in [-0.25, -0.2) is 4.99 Å². The van der Waals surface area contributed by atoms with Gasteiger partial charge in [0, 0.05) is 17.6 Å². The average molecular weight is 447 g/mol. The first-order valence-electron chi connectivity index (χ1n) is 11.0. The van der Waals surface area contributed by atoms with Crippen LogP contribution < -0.4 is 11.5 Å². The molecule has 1 amide bonds. The lowest BCUT2D eigenvalue weighted by atomic mass is 9.78. The molecule has 0 bridgehead atoms. The minimum absolute atomic E-state index is 0.0404. The second-order valence-electron chi connectivity index (χ2n) is 8.62. The number of guanidine groups is 1. The third-order valence-electron chi connectivity index (χ3n) is 6.37. The van der Waals surface area contributed by atoms with E-state index in [-0.39, 0.29) is 17.8 Å². The Morgan fingerprint density at radius 3 is 2.56 bits per heavy atom. The number of unbranched alkanes of at least 4 members (excludes halogenated alkanes) is 1. The molecule has 3 aromatic rings. The second kappa shape index (κ2) is 9.17. The zero-order chi connectivity index (χ0) is 22.7. The maximum Gasteiger partial charge on any atom is 0.234 e. The minimum atomic E-state index is -0.677. The topological polar surface area (TPSA) is 84.7 Å². The Morgan fingerprint density at radius 2 is 1.81 bits per heavy atom. The quantitative estimate of drug-likeness (QED) is 0.394. The number of carbonyl (C=O) groups is 1. The third kappa shape index (κ3) is 4.41. The van der Waals surface area contributed by atoms with E-state index in [0.29, 0.717) is 0 Å². The van der Waals surface area contributed by atoms with Crippen molar-refractivity contribution in [1.29, 1.82) is 0 Å². The number of hydrogen-bond donors (Lipinski definition) is 2. The number of anilines is 1. The predicted octanol–water partition coefficient (Wildman–Crippen LogP) is 5.03. The van der Waals surface area contributed by atoms with Crippen molar-refractivity contribution in [3.05, 3.63) is 76.5 Å². The summed E-state index contributed by atoms with van der Waals surface area (Å²) < 4.78 is 0. The highest BCUT2D eigenvalue weighted by Gasteiger charge is 2.46. The number of aliphatic imine (C=N–C) groups is 1. The van der Waals surface area contributed by atoms with Crippen LogP contribution in [0.4, 0.5) is 5.69 Å². The van der Waals surface area contributed by atoms with Crippen LogP contribution in [0.5, 0.6) is 0 Å². The van der Waals surface area contributed by atoms with Crippen LogP contribution in [-0.4, -0.2) is 23.8 Å². The van der Waals surface area contributed by atoms with Crippen molar-refractivity contribution >= 4 is 28.9 Å². The van der Waals surface area contributed by atoms with Gasteiger partial charge in [-0.05, 0) is 66.5 Å². The number of aryl methyl sites for hydroxylation is 1. The maximum absolute atomic E-state index is 13.3. The lowest BCUT2D eigenvalue weighted by Crippen LogP contribution is -2.53. The van der Waals surface area contributed by atoms with Crippen molar-refractivity contribution in [1.82, 2.24) is 4.90 Å². The summed E-state index contributed by atoms with van der Waals surface area (Å²) in [5.41, 5.74) is 15.7. The molecular formula is C26H30N4OS. The highest BCUT2D eigenvalue weighted by Crippen LogP contribution is 2.44. The van der Waals surface area contributed by atoms with E-state index in [1.165, 1.54) is 10.5 Å². The van der Waals surface area contributed by atoms with Gasteiger partial charge in [0.25, 0.3) is 0 Å². The molecule has 6 heteroatoms. The molecule has 1 unspecified atom stereocenters. The summed E-state index contributed by atoms with van der Waals surface area (Å²) >= 11 is 1.63. The van der Waals surface area contributed by atoms with Crippen LogP contribution in [0.25, 0.3) is 11.1 Å².